The van der Waals surface area contributed by atoms with Gasteiger partial charge < -0.3 is 14.8 Å². The molecule has 2 aromatic rings. The maximum Gasteiger partial charge on any atom is 0.259 e. The molecule has 128 valence electrons. The fourth-order valence-electron chi connectivity index (χ4n) is 2.48. The van der Waals surface area contributed by atoms with Crippen LogP contribution < -0.4 is 14.8 Å². The number of ether oxygens (including phenoxy) is 2. The van der Waals surface area contributed by atoms with E-state index in [4.69, 9.17) is 9.47 Å². The van der Waals surface area contributed by atoms with Gasteiger partial charge >= 0.3 is 0 Å². The Hall–Kier alpha value is -2.01. The van der Waals surface area contributed by atoms with Crippen LogP contribution in [0.2, 0.25) is 0 Å². The van der Waals surface area contributed by atoms with Gasteiger partial charge in [0.2, 0.25) is 0 Å². The maximum absolute atomic E-state index is 12.6. The van der Waals surface area contributed by atoms with Crippen molar-refractivity contribution in [3.63, 3.8) is 0 Å². The molecule has 1 atom stereocenters. The minimum Gasteiger partial charge on any atom is -0.496 e. The zero-order valence-electron chi connectivity index (χ0n) is 14.1. The maximum atomic E-state index is 12.6. The zero-order chi connectivity index (χ0) is 17.5. The molecular weight excluding hydrogens is 370 g/mol. The third kappa shape index (κ3) is 4.74. The highest BCUT2D eigenvalue weighted by Crippen LogP contribution is 2.28. The molecule has 0 saturated carbocycles. The Labute approximate surface area is 151 Å². The number of aryl methyl sites for hydroxylation is 1. The highest BCUT2D eigenvalue weighted by Gasteiger charge is 2.19. The van der Waals surface area contributed by atoms with Gasteiger partial charge in [-0.05, 0) is 49.6 Å². The van der Waals surface area contributed by atoms with Crippen LogP contribution in [0.1, 0.15) is 29.3 Å². The summed E-state index contributed by atoms with van der Waals surface area (Å²) in [6, 6.07) is 13.6. The van der Waals surface area contributed by atoms with E-state index in [2.05, 4.69) is 33.4 Å². The van der Waals surface area contributed by atoms with E-state index in [0.29, 0.717) is 17.1 Å². The smallest absolute Gasteiger partial charge is 0.259 e. The van der Waals surface area contributed by atoms with Crippen LogP contribution >= 0.6 is 15.9 Å². The first-order valence-electron chi connectivity index (χ1n) is 7.81. The summed E-state index contributed by atoms with van der Waals surface area (Å²) in [6.07, 6.45) is 1.75. The number of carbonyl (C=O) groups is 1. The van der Waals surface area contributed by atoms with Crippen molar-refractivity contribution in [2.75, 3.05) is 14.2 Å². The molecule has 0 spiro atoms. The summed E-state index contributed by atoms with van der Waals surface area (Å²) in [4.78, 5) is 12.6. The Balaban J connectivity index is 2.00. The molecule has 5 heteroatoms. The average Bonchev–Trinajstić information content (AvgIpc) is 2.60. The SMILES string of the molecule is COc1cccc(OC)c1C(=O)NC(C)CCc1ccc(Br)cc1. The molecule has 0 aromatic heterocycles. The largest absolute Gasteiger partial charge is 0.496 e. The first-order chi connectivity index (χ1) is 11.5. The third-order valence-corrected chi connectivity index (χ3v) is 4.34. The summed E-state index contributed by atoms with van der Waals surface area (Å²) in [5, 5.41) is 3.02. The van der Waals surface area contributed by atoms with Crippen molar-refractivity contribution in [1.82, 2.24) is 5.32 Å². The van der Waals surface area contributed by atoms with Crippen LogP contribution in [0.3, 0.4) is 0 Å². The van der Waals surface area contributed by atoms with Gasteiger partial charge in [0.1, 0.15) is 17.1 Å². The van der Waals surface area contributed by atoms with Crippen LogP contribution in [0, 0.1) is 0 Å². The molecule has 0 radical (unpaired) electrons. The van der Waals surface area contributed by atoms with Crippen molar-refractivity contribution in [2.45, 2.75) is 25.8 Å². The van der Waals surface area contributed by atoms with E-state index in [1.54, 1.807) is 32.4 Å². The van der Waals surface area contributed by atoms with Crippen LogP contribution in [0.15, 0.2) is 46.9 Å². The molecule has 1 unspecified atom stereocenters. The van der Waals surface area contributed by atoms with Crippen molar-refractivity contribution in [3.8, 4) is 11.5 Å². The molecule has 4 nitrogen and oxygen atoms in total. The number of hydrogen-bond acceptors (Lipinski definition) is 3. The van der Waals surface area contributed by atoms with Gasteiger partial charge in [0.15, 0.2) is 0 Å². The Bertz CT molecular complexity index is 663. The highest BCUT2D eigenvalue weighted by atomic mass is 79.9. The van der Waals surface area contributed by atoms with Gasteiger partial charge in [-0.2, -0.15) is 0 Å². The Morgan fingerprint density at radius 3 is 2.21 bits per heavy atom. The summed E-state index contributed by atoms with van der Waals surface area (Å²) in [6.45, 7) is 2.00. The lowest BCUT2D eigenvalue weighted by atomic mass is 10.1. The highest BCUT2D eigenvalue weighted by molar-refractivity contribution is 9.10. The second-order valence-electron chi connectivity index (χ2n) is 5.58. The van der Waals surface area contributed by atoms with Gasteiger partial charge in [-0.3, -0.25) is 4.79 Å². The van der Waals surface area contributed by atoms with E-state index in [-0.39, 0.29) is 11.9 Å². The number of methoxy groups -OCH3 is 2. The first kappa shape index (κ1) is 18.3. The topological polar surface area (TPSA) is 47.6 Å². The fraction of sp³-hybridized carbons (Fsp3) is 0.316. The lowest BCUT2D eigenvalue weighted by molar-refractivity contribution is 0.0932. The van der Waals surface area contributed by atoms with Crippen LogP contribution in [0.4, 0.5) is 0 Å². The van der Waals surface area contributed by atoms with E-state index in [1.165, 1.54) is 5.56 Å². The van der Waals surface area contributed by atoms with E-state index < -0.39 is 0 Å². The van der Waals surface area contributed by atoms with Gasteiger partial charge in [-0.1, -0.05) is 34.1 Å². The number of halogens is 1. The summed E-state index contributed by atoms with van der Waals surface area (Å²) < 4.78 is 11.6. The zero-order valence-corrected chi connectivity index (χ0v) is 15.7. The van der Waals surface area contributed by atoms with E-state index >= 15 is 0 Å². The van der Waals surface area contributed by atoms with E-state index in [1.807, 2.05) is 19.1 Å². The van der Waals surface area contributed by atoms with Gasteiger partial charge in [0, 0.05) is 10.5 Å². The van der Waals surface area contributed by atoms with Gasteiger partial charge in [-0.25, -0.2) is 0 Å². The molecule has 0 fully saturated rings. The van der Waals surface area contributed by atoms with Crippen LogP contribution in [0.5, 0.6) is 11.5 Å². The van der Waals surface area contributed by atoms with Gasteiger partial charge in [-0.15, -0.1) is 0 Å². The molecular formula is C19H22BrNO3. The number of hydrogen-bond donors (Lipinski definition) is 1. The third-order valence-electron chi connectivity index (χ3n) is 3.81. The van der Waals surface area contributed by atoms with E-state index in [9.17, 15) is 4.79 Å². The monoisotopic (exact) mass is 391 g/mol. The molecule has 2 rings (SSSR count). The fourth-order valence-corrected chi connectivity index (χ4v) is 2.74. The lowest BCUT2D eigenvalue weighted by Gasteiger charge is -2.17. The van der Waals surface area contributed by atoms with Crippen LogP contribution in [-0.2, 0) is 6.42 Å². The van der Waals surface area contributed by atoms with Crippen LogP contribution in [-0.4, -0.2) is 26.2 Å². The molecule has 1 N–H and O–H groups in total. The van der Waals surface area contributed by atoms with Crippen molar-refractivity contribution in [1.29, 1.82) is 0 Å². The average molecular weight is 392 g/mol. The Morgan fingerprint density at radius 1 is 1.08 bits per heavy atom. The molecule has 2 aromatic carbocycles. The molecule has 24 heavy (non-hydrogen) atoms. The predicted molar refractivity (Wildman–Crippen MR) is 98.9 cm³/mol. The number of carbonyl (C=O) groups excluding carboxylic acids is 1. The summed E-state index contributed by atoms with van der Waals surface area (Å²) >= 11 is 3.43. The number of amides is 1. The van der Waals surface area contributed by atoms with Gasteiger partial charge in [0.05, 0.1) is 14.2 Å². The minimum absolute atomic E-state index is 0.0377. The van der Waals surface area contributed by atoms with E-state index in [0.717, 1.165) is 17.3 Å². The number of rotatable bonds is 7. The van der Waals surface area contributed by atoms with Crippen LogP contribution in [0.25, 0.3) is 0 Å². The first-order valence-corrected chi connectivity index (χ1v) is 8.60. The van der Waals surface area contributed by atoms with Crippen molar-refractivity contribution in [3.05, 3.63) is 58.1 Å². The summed E-state index contributed by atoms with van der Waals surface area (Å²) in [5.41, 5.74) is 1.67. The molecule has 1 amide bonds. The number of benzene rings is 2. The molecule has 0 bridgehead atoms. The van der Waals surface area contributed by atoms with Gasteiger partial charge in [0.25, 0.3) is 5.91 Å². The minimum atomic E-state index is -0.187. The number of nitrogens with one attached hydrogen (secondary N) is 1. The molecule has 0 aliphatic heterocycles. The predicted octanol–water partition coefficient (Wildman–Crippen LogP) is 4.22. The summed E-state index contributed by atoms with van der Waals surface area (Å²) in [5.74, 6) is 0.825. The molecule has 0 heterocycles. The lowest BCUT2D eigenvalue weighted by Crippen LogP contribution is -2.33. The molecule has 0 saturated heterocycles. The van der Waals surface area contributed by atoms with Crippen molar-refractivity contribution in [2.24, 2.45) is 0 Å². The van der Waals surface area contributed by atoms with Crippen molar-refractivity contribution < 1.29 is 14.3 Å². The normalized spacial score (nSPS) is 11.7. The molecule has 0 aliphatic carbocycles. The second-order valence-corrected chi connectivity index (χ2v) is 6.49. The Morgan fingerprint density at radius 2 is 1.67 bits per heavy atom. The summed E-state index contributed by atoms with van der Waals surface area (Å²) in [7, 11) is 3.09. The Kier molecular flexibility index (Phi) is 6.67. The molecule has 0 aliphatic rings. The van der Waals surface area contributed by atoms with Crippen molar-refractivity contribution >= 4 is 21.8 Å². The standard InChI is InChI=1S/C19H22BrNO3/c1-13(7-8-14-9-11-15(20)12-10-14)21-19(22)18-16(23-2)5-4-6-17(18)24-3/h4-6,9-13H,7-8H2,1-3H3,(H,21,22). The quantitative estimate of drug-likeness (QED) is 0.768. The second kappa shape index (κ2) is 8.73.